The highest BCUT2D eigenvalue weighted by atomic mass is 32.1. The normalized spacial score (nSPS) is 19.3. The Bertz CT molecular complexity index is 537. The lowest BCUT2D eigenvalue weighted by Gasteiger charge is -2.37. The fourth-order valence-corrected chi connectivity index (χ4v) is 4.65. The first-order valence-electron chi connectivity index (χ1n) is 8.42. The molecule has 116 valence electrons. The summed E-state index contributed by atoms with van der Waals surface area (Å²) >= 11 is 1.72. The number of rotatable bonds is 7. The van der Waals surface area contributed by atoms with Crippen LogP contribution in [0.5, 0.6) is 0 Å². The first-order chi connectivity index (χ1) is 10.3. The second-order valence-electron chi connectivity index (χ2n) is 6.46. The number of hydrogen-bond acceptors (Lipinski definition) is 3. The van der Waals surface area contributed by atoms with Gasteiger partial charge in [-0.05, 0) is 37.6 Å². The average molecular weight is 305 g/mol. The summed E-state index contributed by atoms with van der Waals surface area (Å²) in [5, 5.41) is 5.94. The van der Waals surface area contributed by atoms with Crippen molar-refractivity contribution in [2.24, 2.45) is 5.41 Å². The van der Waals surface area contributed by atoms with Crippen molar-refractivity contribution in [2.45, 2.75) is 64.8 Å². The lowest BCUT2D eigenvalue weighted by molar-refractivity contribution is 0.184. The van der Waals surface area contributed by atoms with E-state index in [1.165, 1.54) is 44.2 Å². The molecule has 0 spiro atoms. The predicted molar refractivity (Wildman–Crippen MR) is 90.0 cm³/mol. The lowest BCUT2D eigenvalue weighted by atomic mass is 9.74. The SMILES string of the molecule is CCCNC(Cc1cn2ccsc2n1)C1(CC)CCCC1. The van der Waals surface area contributed by atoms with Crippen molar-refractivity contribution in [2.75, 3.05) is 6.54 Å². The summed E-state index contributed by atoms with van der Waals surface area (Å²) in [7, 11) is 0. The van der Waals surface area contributed by atoms with Gasteiger partial charge in [0.15, 0.2) is 4.96 Å². The Kier molecular flexibility index (Phi) is 4.65. The van der Waals surface area contributed by atoms with E-state index in [0.29, 0.717) is 11.5 Å². The van der Waals surface area contributed by atoms with Gasteiger partial charge in [-0.3, -0.25) is 4.40 Å². The second-order valence-corrected chi connectivity index (χ2v) is 7.33. The van der Waals surface area contributed by atoms with Crippen LogP contribution in [0.25, 0.3) is 4.96 Å². The van der Waals surface area contributed by atoms with Gasteiger partial charge in [0.2, 0.25) is 0 Å². The van der Waals surface area contributed by atoms with Crippen LogP contribution in [-0.4, -0.2) is 22.0 Å². The van der Waals surface area contributed by atoms with Gasteiger partial charge >= 0.3 is 0 Å². The minimum atomic E-state index is 0.492. The number of nitrogens with zero attached hydrogens (tertiary/aromatic N) is 2. The van der Waals surface area contributed by atoms with Crippen molar-refractivity contribution in [3.05, 3.63) is 23.5 Å². The van der Waals surface area contributed by atoms with E-state index in [1.807, 2.05) is 0 Å². The molecule has 2 aromatic heterocycles. The van der Waals surface area contributed by atoms with Crippen LogP contribution < -0.4 is 5.32 Å². The van der Waals surface area contributed by atoms with Gasteiger partial charge in [-0.15, -0.1) is 11.3 Å². The van der Waals surface area contributed by atoms with Crippen LogP contribution in [0.3, 0.4) is 0 Å². The van der Waals surface area contributed by atoms with E-state index in [9.17, 15) is 0 Å². The van der Waals surface area contributed by atoms with Gasteiger partial charge in [-0.25, -0.2) is 4.98 Å². The minimum absolute atomic E-state index is 0.492. The monoisotopic (exact) mass is 305 g/mol. The number of fused-ring (bicyclic) bond motifs is 1. The molecule has 1 atom stereocenters. The summed E-state index contributed by atoms with van der Waals surface area (Å²) in [4.78, 5) is 5.92. The molecular weight excluding hydrogens is 278 g/mol. The molecule has 0 radical (unpaired) electrons. The van der Waals surface area contributed by atoms with Crippen molar-refractivity contribution in [1.82, 2.24) is 14.7 Å². The molecule has 0 amide bonds. The third-order valence-electron chi connectivity index (χ3n) is 5.24. The quantitative estimate of drug-likeness (QED) is 0.827. The Morgan fingerprint density at radius 1 is 1.38 bits per heavy atom. The van der Waals surface area contributed by atoms with Gasteiger partial charge in [0.05, 0.1) is 5.69 Å². The second kappa shape index (κ2) is 6.49. The molecular formula is C17H27N3S. The Labute approximate surface area is 131 Å². The van der Waals surface area contributed by atoms with Crippen LogP contribution in [-0.2, 0) is 6.42 Å². The molecule has 3 rings (SSSR count). The molecule has 1 aliphatic carbocycles. The van der Waals surface area contributed by atoms with Gasteiger partial charge in [0, 0.05) is 30.2 Å². The van der Waals surface area contributed by atoms with E-state index in [4.69, 9.17) is 4.98 Å². The fraction of sp³-hybridized carbons (Fsp3) is 0.706. The van der Waals surface area contributed by atoms with E-state index >= 15 is 0 Å². The molecule has 0 aromatic carbocycles. The maximum Gasteiger partial charge on any atom is 0.193 e. The van der Waals surface area contributed by atoms with E-state index in [1.54, 1.807) is 11.3 Å². The lowest BCUT2D eigenvalue weighted by Crippen LogP contribution is -2.45. The van der Waals surface area contributed by atoms with Gasteiger partial charge in [0.1, 0.15) is 0 Å². The third kappa shape index (κ3) is 3.02. The maximum absolute atomic E-state index is 4.80. The summed E-state index contributed by atoms with van der Waals surface area (Å²) in [6.45, 7) is 5.75. The molecule has 1 N–H and O–H groups in total. The number of thiazole rings is 1. The molecule has 0 bridgehead atoms. The van der Waals surface area contributed by atoms with Crippen LogP contribution >= 0.6 is 11.3 Å². The Balaban J connectivity index is 1.79. The number of imidazole rings is 1. The predicted octanol–water partition coefficient (Wildman–Crippen LogP) is 4.28. The Morgan fingerprint density at radius 3 is 2.86 bits per heavy atom. The molecule has 0 saturated heterocycles. The van der Waals surface area contributed by atoms with Crippen molar-refractivity contribution < 1.29 is 0 Å². The summed E-state index contributed by atoms with van der Waals surface area (Å²) < 4.78 is 2.16. The molecule has 1 unspecified atom stereocenters. The van der Waals surface area contributed by atoms with E-state index in [0.717, 1.165) is 17.9 Å². The molecule has 0 aliphatic heterocycles. The molecule has 1 fully saturated rings. The zero-order chi connectivity index (χ0) is 14.7. The van der Waals surface area contributed by atoms with Crippen LogP contribution in [0.1, 0.15) is 58.1 Å². The van der Waals surface area contributed by atoms with Crippen LogP contribution in [0, 0.1) is 5.41 Å². The van der Waals surface area contributed by atoms with Gasteiger partial charge < -0.3 is 5.32 Å². The standard InChI is InChI=1S/C17H27N3S/c1-3-9-18-15(17(4-2)7-5-6-8-17)12-14-13-20-10-11-21-16(20)19-14/h10-11,13,15,18H,3-9,12H2,1-2H3. The number of hydrogen-bond donors (Lipinski definition) is 1. The maximum atomic E-state index is 4.80. The topological polar surface area (TPSA) is 29.3 Å². The third-order valence-corrected chi connectivity index (χ3v) is 6.01. The summed E-state index contributed by atoms with van der Waals surface area (Å²) in [6.07, 6.45) is 13.4. The van der Waals surface area contributed by atoms with Crippen LogP contribution in [0.2, 0.25) is 0 Å². The van der Waals surface area contributed by atoms with Crippen molar-refractivity contribution in [1.29, 1.82) is 0 Å². The molecule has 4 heteroatoms. The fourth-order valence-electron chi connectivity index (χ4n) is 3.93. The van der Waals surface area contributed by atoms with Crippen molar-refractivity contribution >= 4 is 16.3 Å². The Hall–Kier alpha value is -0.870. The molecule has 2 heterocycles. The average Bonchev–Trinajstić information content (AvgIpc) is 3.18. The first-order valence-corrected chi connectivity index (χ1v) is 9.30. The minimum Gasteiger partial charge on any atom is -0.313 e. The largest absolute Gasteiger partial charge is 0.313 e. The van der Waals surface area contributed by atoms with E-state index in [2.05, 4.69) is 41.3 Å². The van der Waals surface area contributed by atoms with E-state index in [-0.39, 0.29) is 0 Å². The molecule has 2 aromatic rings. The molecule has 1 saturated carbocycles. The highest BCUT2D eigenvalue weighted by Gasteiger charge is 2.39. The van der Waals surface area contributed by atoms with Crippen LogP contribution in [0.4, 0.5) is 0 Å². The number of aromatic nitrogens is 2. The Morgan fingerprint density at radius 2 is 2.19 bits per heavy atom. The number of nitrogens with one attached hydrogen (secondary N) is 1. The zero-order valence-corrected chi connectivity index (χ0v) is 14.1. The van der Waals surface area contributed by atoms with Crippen molar-refractivity contribution in [3.63, 3.8) is 0 Å². The van der Waals surface area contributed by atoms with Gasteiger partial charge in [-0.2, -0.15) is 0 Å². The zero-order valence-electron chi connectivity index (χ0n) is 13.3. The summed E-state index contributed by atoms with van der Waals surface area (Å²) in [6, 6.07) is 0.578. The van der Waals surface area contributed by atoms with Crippen molar-refractivity contribution in [3.8, 4) is 0 Å². The molecule has 21 heavy (non-hydrogen) atoms. The highest BCUT2D eigenvalue weighted by molar-refractivity contribution is 7.15. The highest BCUT2D eigenvalue weighted by Crippen LogP contribution is 2.44. The van der Waals surface area contributed by atoms with E-state index < -0.39 is 0 Å². The van der Waals surface area contributed by atoms with Gasteiger partial charge in [0.25, 0.3) is 0 Å². The molecule has 1 aliphatic rings. The molecule has 3 nitrogen and oxygen atoms in total. The smallest absolute Gasteiger partial charge is 0.193 e. The first kappa shape index (κ1) is 15.0. The van der Waals surface area contributed by atoms with Gasteiger partial charge in [-0.1, -0.05) is 26.7 Å². The van der Waals surface area contributed by atoms with Crippen LogP contribution in [0.15, 0.2) is 17.8 Å². The summed E-state index contributed by atoms with van der Waals surface area (Å²) in [5.41, 5.74) is 1.74. The summed E-state index contributed by atoms with van der Waals surface area (Å²) in [5.74, 6) is 0.